The van der Waals surface area contributed by atoms with Crippen molar-refractivity contribution in [3.63, 3.8) is 0 Å². The third-order valence-electron chi connectivity index (χ3n) is 3.12. The van der Waals surface area contributed by atoms with Gasteiger partial charge in [-0.1, -0.05) is 30.3 Å². The van der Waals surface area contributed by atoms with Gasteiger partial charge >= 0.3 is 0 Å². The number of hydrogen-bond acceptors (Lipinski definition) is 4. The standard InChI is InChI=1S/C16H22N4/c1-14-9-10-16(19-18-14)17-11-6-12-20(2)13-15-7-4-3-5-8-15/h3-5,7-10H,6,11-13H2,1-2H3,(H,17,19). The van der Waals surface area contributed by atoms with Crippen LogP contribution in [0.1, 0.15) is 17.7 Å². The van der Waals surface area contributed by atoms with E-state index in [0.717, 1.165) is 37.6 Å². The maximum atomic E-state index is 4.09. The molecule has 0 spiro atoms. The molecule has 0 bridgehead atoms. The quantitative estimate of drug-likeness (QED) is 0.785. The van der Waals surface area contributed by atoms with E-state index >= 15 is 0 Å². The summed E-state index contributed by atoms with van der Waals surface area (Å²) in [6.45, 7) is 4.90. The molecule has 0 aliphatic carbocycles. The molecular formula is C16H22N4. The molecule has 4 nitrogen and oxygen atoms in total. The summed E-state index contributed by atoms with van der Waals surface area (Å²) in [6.07, 6.45) is 1.08. The predicted molar refractivity (Wildman–Crippen MR) is 82.7 cm³/mol. The molecule has 0 atom stereocenters. The van der Waals surface area contributed by atoms with Crippen LogP contribution in [0.5, 0.6) is 0 Å². The van der Waals surface area contributed by atoms with Crippen molar-refractivity contribution in [3.8, 4) is 0 Å². The summed E-state index contributed by atoms with van der Waals surface area (Å²) in [5, 5.41) is 11.4. The zero-order valence-corrected chi connectivity index (χ0v) is 12.2. The SMILES string of the molecule is Cc1ccc(NCCCN(C)Cc2ccccc2)nn1. The summed E-state index contributed by atoms with van der Waals surface area (Å²) in [6, 6.07) is 14.5. The average molecular weight is 270 g/mol. The molecule has 1 aromatic carbocycles. The first-order valence-corrected chi connectivity index (χ1v) is 7.01. The maximum absolute atomic E-state index is 4.09. The van der Waals surface area contributed by atoms with E-state index in [0.29, 0.717) is 0 Å². The number of benzene rings is 1. The van der Waals surface area contributed by atoms with Crippen molar-refractivity contribution in [2.45, 2.75) is 19.9 Å². The van der Waals surface area contributed by atoms with Gasteiger partial charge in [-0.15, -0.1) is 5.10 Å². The van der Waals surface area contributed by atoms with Gasteiger partial charge in [0.15, 0.2) is 0 Å². The zero-order valence-electron chi connectivity index (χ0n) is 12.2. The van der Waals surface area contributed by atoms with E-state index in [1.165, 1.54) is 5.56 Å². The number of nitrogens with zero attached hydrogens (tertiary/aromatic N) is 3. The Morgan fingerprint density at radius 2 is 1.85 bits per heavy atom. The van der Waals surface area contributed by atoms with Crippen LogP contribution in [0.15, 0.2) is 42.5 Å². The topological polar surface area (TPSA) is 41.0 Å². The Balaban J connectivity index is 1.64. The molecule has 1 N–H and O–H groups in total. The molecule has 0 aliphatic heterocycles. The first-order valence-electron chi connectivity index (χ1n) is 7.01. The average Bonchev–Trinajstić information content (AvgIpc) is 2.46. The van der Waals surface area contributed by atoms with E-state index in [2.05, 4.69) is 57.8 Å². The molecule has 0 aliphatic rings. The van der Waals surface area contributed by atoms with Crippen LogP contribution in [0.2, 0.25) is 0 Å². The number of rotatable bonds is 7. The van der Waals surface area contributed by atoms with Gasteiger partial charge in [0.25, 0.3) is 0 Å². The normalized spacial score (nSPS) is 10.8. The lowest BCUT2D eigenvalue weighted by atomic mass is 10.2. The van der Waals surface area contributed by atoms with Crippen LogP contribution >= 0.6 is 0 Å². The lowest BCUT2D eigenvalue weighted by molar-refractivity contribution is 0.325. The van der Waals surface area contributed by atoms with E-state index in [4.69, 9.17) is 0 Å². The van der Waals surface area contributed by atoms with Gasteiger partial charge in [-0.05, 0) is 44.6 Å². The first-order chi connectivity index (χ1) is 9.74. The smallest absolute Gasteiger partial charge is 0.148 e. The van der Waals surface area contributed by atoms with Gasteiger partial charge < -0.3 is 10.2 Å². The summed E-state index contributed by atoms with van der Waals surface area (Å²) in [5.41, 5.74) is 2.30. The Bertz CT molecular complexity index is 496. The highest BCUT2D eigenvalue weighted by molar-refractivity contribution is 5.32. The summed E-state index contributed by atoms with van der Waals surface area (Å²) >= 11 is 0. The first kappa shape index (κ1) is 14.5. The van der Waals surface area contributed by atoms with E-state index in [9.17, 15) is 0 Å². The van der Waals surface area contributed by atoms with Crippen molar-refractivity contribution in [2.75, 3.05) is 25.5 Å². The van der Waals surface area contributed by atoms with Crippen LogP contribution in [0.3, 0.4) is 0 Å². The maximum Gasteiger partial charge on any atom is 0.148 e. The second kappa shape index (κ2) is 7.60. The number of aryl methyl sites for hydroxylation is 1. The summed E-state index contributed by atoms with van der Waals surface area (Å²) < 4.78 is 0. The van der Waals surface area contributed by atoms with Crippen molar-refractivity contribution in [2.24, 2.45) is 0 Å². The fourth-order valence-corrected chi connectivity index (χ4v) is 2.03. The fraction of sp³-hybridized carbons (Fsp3) is 0.375. The molecule has 20 heavy (non-hydrogen) atoms. The van der Waals surface area contributed by atoms with Crippen molar-refractivity contribution in [1.82, 2.24) is 15.1 Å². The molecular weight excluding hydrogens is 248 g/mol. The molecule has 4 heteroatoms. The Hall–Kier alpha value is -1.94. The molecule has 0 unspecified atom stereocenters. The van der Waals surface area contributed by atoms with E-state index in [1.807, 2.05) is 19.1 Å². The Morgan fingerprint density at radius 1 is 1.05 bits per heavy atom. The molecule has 0 saturated carbocycles. The molecule has 2 aromatic rings. The van der Waals surface area contributed by atoms with Crippen LogP contribution in [0, 0.1) is 6.92 Å². The molecule has 1 heterocycles. The minimum Gasteiger partial charge on any atom is -0.369 e. The molecule has 106 valence electrons. The van der Waals surface area contributed by atoms with Crippen LogP contribution in [-0.4, -0.2) is 35.2 Å². The van der Waals surface area contributed by atoms with Gasteiger partial charge in [-0.3, -0.25) is 0 Å². The van der Waals surface area contributed by atoms with Gasteiger partial charge in [0, 0.05) is 13.1 Å². The zero-order chi connectivity index (χ0) is 14.2. The monoisotopic (exact) mass is 270 g/mol. The number of anilines is 1. The second-order valence-corrected chi connectivity index (χ2v) is 5.06. The van der Waals surface area contributed by atoms with Gasteiger partial charge in [0.05, 0.1) is 5.69 Å². The Labute approximate surface area is 120 Å². The Morgan fingerprint density at radius 3 is 2.55 bits per heavy atom. The van der Waals surface area contributed by atoms with Gasteiger partial charge in [0.2, 0.25) is 0 Å². The lowest BCUT2D eigenvalue weighted by Crippen LogP contribution is -2.21. The van der Waals surface area contributed by atoms with Crippen LogP contribution in [-0.2, 0) is 6.54 Å². The predicted octanol–water partition coefficient (Wildman–Crippen LogP) is 2.72. The van der Waals surface area contributed by atoms with Gasteiger partial charge in [-0.25, -0.2) is 0 Å². The molecule has 0 amide bonds. The Kier molecular flexibility index (Phi) is 5.50. The molecule has 0 fully saturated rings. The van der Waals surface area contributed by atoms with Crippen molar-refractivity contribution < 1.29 is 0 Å². The largest absolute Gasteiger partial charge is 0.369 e. The second-order valence-electron chi connectivity index (χ2n) is 5.06. The fourth-order valence-electron chi connectivity index (χ4n) is 2.03. The summed E-state index contributed by atoms with van der Waals surface area (Å²) in [5.74, 6) is 0.848. The van der Waals surface area contributed by atoms with Crippen molar-refractivity contribution in [3.05, 3.63) is 53.7 Å². The summed E-state index contributed by atoms with van der Waals surface area (Å²) in [4.78, 5) is 2.33. The van der Waals surface area contributed by atoms with Gasteiger partial charge in [0.1, 0.15) is 5.82 Å². The van der Waals surface area contributed by atoms with Gasteiger partial charge in [-0.2, -0.15) is 5.10 Å². The molecule has 1 aromatic heterocycles. The van der Waals surface area contributed by atoms with Crippen LogP contribution in [0.4, 0.5) is 5.82 Å². The minimum absolute atomic E-state index is 0.848. The van der Waals surface area contributed by atoms with Crippen LogP contribution < -0.4 is 5.32 Å². The third kappa shape index (κ3) is 4.97. The van der Waals surface area contributed by atoms with E-state index in [-0.39, 0.29) is 0 Å². The highest BCUT2D eigenvalue weighted by Gasteiger charge is 2.00. The molecule has 2 rings (SSSR count). The highest BCUT2D eigenvalue weighted by atomic mass is 15.2. The lowest BCUT2D eigenvalue weighted by Gasteiger charge is -2.16. The minimum atomic E-state index is 0.848. The molecule has 0 saturated heterocycles. The van der Waals surface area contributed by atoms with E-state index < -0.39 is 0 Å². The van der Waals surface area contributed by atoms with Crippen molar-refractivity contribution in [1.29, 1.82) is 0 Å². The molecule has 0 radical (unpaired) electrons. The highest BCUT2D eigenvalue weighted by Crippen LogP contribution is 2.04. The number of hydrogen-bond donors (Lipinski definition) is 1. The van der Waals surface area contributed by atoms with Crippen molar-refractivity contribution >= 4 is 5.82 Å². The number of aromatic nitrogens is 2. The van der Waals surface area contributed by atoms with Crippen LogP contribution in [0.25, 0.3) is 0 Å². The van der Waals surface area contributed by atoms with E-state index in [1.54, 1.807) is 0 Å². The summed E-state index contributed by atoms with van der Waals surface area (Å²) in [7, 11) is 2.15. The third-order valence-corrected chi connectivity index (χ3v) is 3.12. The number of nitrogens with one attached hydrogen (secondary N) is 1.